The fourth-order valence-corrected chi connectivity index (χ4v) is 2.40. The van der Waals surface area contributed by atoms with Gasteiger partial charge in [-0.1, -0.05) is 36.8 Å². The van der Waals surface area contributed by atoms with Crippen molar-refractivity contribution in [3.63, 3.8) is 0 Å². The minimum atomic E-state index is 0.819. The van der Waals surface area contributed by atoms with Crippen LogP contribution in [0.5, 0.6) is 0 Å². The normalized spacial score (nSPS) is 26.5. The molecule has 2 atom stereocenters. The van der Waals surface area contributed by atoms with Crippen molar-refractivity contribution in [2.75, 3.05) is 13.1 Å². The highest BCUT2D eigenvalue weighted by molar-refractivity contribution is 5.21. The Balaban J connectivity index is 1.98. The average molecular weight is 203 g/mol. The molecule has 0 spiro atoms. The Labute approximate surface area is 92.9 Å². The molecule has 1 aliphatic rings. The molecule has 1 aromatic rings. The molecular formula is C14H21N. The van der Waals surface area contributed by atoms with Gasteiger partial charge in [0.2, 0.25) is 0 Å². The average Bonchev–Trinajstić information content (AvgIpc) is 2.25. The highest BCUT2D eigenvalue weighted by Crippen LogP contribution is 2.23. The summed E-state index contributed by atoms with van der Waals surface area (Å²) in [5.41, 5.74) is 2.86. The lowest BCUT2D eigenvalue weighted by atomic mass is 9.83. The van der Waals surface area contributed by atoms with Crippen LogP contribution in [0.15, 0.2) is 24.3 Å². The van der Waals surface area contributed by atoms with E-state index in [1.54, 1.807) is 0 Å². The summed E-state index contributed by atoms with van der Waals surface area (Å²) in [6, 6.07) is 9.01. The Bertz CT molecular complexity index is 302. The van der Waals surface area contributed by atoms with Crippen LogP contribution in [0, 0.1) is 18.8 Å². The van der Waals surface area contributed by atoms with Gasteiger partial charge in [-0.05, 0) is 50.3 Å². The van der Waals surface area contributed by atoms with E-state index in [1.807, 2.05) is 0 Å². The zero-order chi connectivity index (χ0) is 10.7. The molecule has 15 heavy (non-hydrogen) atoms. The highest BCUT2D eigenvalue weighted by Gasteiger charge is 2.20. The van der Waals surface area contributed by atoms with Gasteiger partial charge in [0.1, 0.15) is 0 Å². The molecule has 0 aromatic heterocycles. The lowest BCUT2D eigenvalue weighted by molar-refractivity contribution is 0.272. The molecule has 1 aromatic carbocycles. The minimum Gasteiger partial charge on any atom is -0.316 e. The van der Waals surface area contributed by atoms with E-state index in [1.165, 1.54) is 37.1 Å². The summed E-state index contributed by atoms with van der Waals surface area (Å²) < 4.78 is 0. The molecule has 1 heterocycles. The SMILES string of the molecule is Cc1ccc(CC2CCNCC2C)cc1. The monoisotopic (exact) mass is 203 g/mol. The van der Waals surface area contributed by atoms with Gasteiger partial charge in [0.25, 0.3) is 0 Å². The van der Waals surface area contributed by atoms with Crippen molar-refractivity contribution in [1.82, 2.24) is 5.32 Å². The number of rotatable bonds is 2. The second-order valence-corrected chi connectivity index (χ2v) is 4.92. The van der Waals surface area contributed by atoms with Crippen LogP contribution in [0.4, 0.5) is 0 Å². The van der Waals surface area contributed by atoms with E-state index in [0.717, 1.165) is 11.8 Å². The molecule has 0 amide bonds. The predicted molar refractivity (Wildman–Crippen MR) is 65.0 cm³/mol. The van der Waals surface area contributed by atoms with Gasteiger partial charge in [0.15, 0.2) is 0 Å². The van der Waals surface area contributed by atoms with E-state index in [0.29, 0.717) is 0 Å². The van der Waals surface area contributed by atoms with Crippen molar-refractivity contribution >= 4 is 0 Å². The quantitative estimate of drug-likeness (QED) is 0.779. The van der Waals surface area contributed by atoms with Crippen molar-refractivity contribution in [3.8, 4) is 0 Å². The maximum atomic E-state index is 3.46. The minimum absolute atomic E-state index is 0.819. The topological polar surface area (TPSA) is 12.0 Å². The van der Waals surface area contributed by atoms with Crippen LogP contribution in [0.2, 0.25) is 0 Å². The summed E-state index contributed by atoms with van der Waals surface area (Å²) in [7, 11) is 0. The lowest BCUT2D eigenvalue weighted by Crippen LogP contribution is -2.35. The maximum Gasteiger partial charge on any atom is -0.00204 e. The van der Waals surface area contributed by atoms with Gasteiger partial charge in [-0.25, -0.2) is 0 Å². The van der Waals surface area contributed by atoms with Crippen LogP contribution in [-0.2, 0) is 6.42 Å². The molecule has 1 saturated heterocycles. The first kappa shape index (κ1) is 10.7. The first-order valence-corrected chi connectivity index (χ1v) is 6.02. The molecule has 2 rings (SSSR count). The molecular weight excluding hydrogens is 182 g/mol. The molecule has 1 fully saturated rings. The summed E-state index contributed by atoms with van der Waals surface area (Å²) in [5.74, 6) is 1.69. The van der Waals surface area contributed by atoms with Gasteiger partial charge in [0, 0.05) is 0 Å². The van der Waals surface area contributed by atoms with Crippen molar-refractivity contribution in [2.45, 2.75) is 26.7 Å². The molecule has 1 N–H and O–H groups in total. The van der Waals surface area contributed by atoms with Crippen LogP contribution in [-0.4, -0.2) is 13.1 Å². The third-order valence-electron chi connectivity index (χ3n) is 3.58. The molecule has 0 radical (unpaired) electrons. The molecule has 0 aliphatic carbocycles. The number of nitrogens with one attached hydrogen (secondary N) is 1. The van der Waals surface area contributed by atoms with Gasteiger partial charge < -0.3 is 5.32 Å². The van der Waals surface area contributed by atoms with E-state index >= 15 is 0 Å². The van der Waals surface area contributed by atoms with Crippen LogP contribution in [0.1, 0.15) is 24.5 Å². The highest BCUT2D eigenvalue weighted by atomic mass is 14.9. The Hall–Kier alpha value is -0.820. The smallest absolute Gasteiger partial charge is 0.00204 e. The molecule has 0 saturated carbocycles. The third kappa shape index (κ3) is 2.82. The molecule has 1 nitrogen and oxygen atoms in total. The second kappa shape index (κ2) is 4.80. The molecule has 0 bridgehead atoms. The largest absolute Gasteiger partial charge is 0.316 e. The fourth-order valence-electron chi connectivity index (χ4n) is 2.40. The van der Waals surface area contributed by atoms with Gasteiger partial charge in [-0.15, -0.1) is 0 Å². The Morgan fingerprint density at radius 3 is 2.67 bits per heavy atom. The summed E-state index contributed by atoms with van der Waals surface area (Å²) >= 11 is 0. The second-order valence-electron chi connectivity index (χ2n) is 4.92. The molecule has 2 unspecified atom stereocenters. The van der Waals surface area contributed by atoms with Crippen molar-refractivity contribution < 1.29 is 0 Å². The Morgan fingerprint density at radius 1 is 1.27 bits per heavy atom. The zero-order valence-electron chi connectivity index (χ0n) is 9.79. The number of piperidine rings is 1. The third-order valence-corrected chi connectivity index (χ3v) is 3.58. The van der Waals surface area contributed by atoms with E-state index in [-0.39, 0.29) is 0 Å². The van der Waals surface area contributed by atoms with E-state index in [4.69, 9.17) is 0 Å². The summed E-state index contributed by atoms with van der Waals surface area (Å²) in [6.07, 6.45) is 2.58. The van der Waals surface area contributed by atoms with E-state index in [9.17, 15) is 0 Å². The number of hydrogen-bond donors (Lipinski definition) is 1. The van der Waals surface area contributed by atoms with Crippen LogP contribution < -0.4 is 5.32 Å². The van der Waals surface area contributed by atoms with Crippen LogP contribution >= 0.6 is 0 Å². The lowest BCUT2D eigenvalue weighted by Gasteiger charge is -2.29. The fraction of sp³-hybridized carbons (Fsp3) is 0.571. The number of benzene rings is 1. The summed E-state index contributed by atoms with van der Waals surface area (Å²) in [4.78, 5) is 0. The number of hydrogen-bond acceptors (Lipinski definition) is 1. The van der Waals surface area contributed by atoms with Crippen molar-refractivity contribution in [2.24, 2.45) is 11.8 Å². The van der Waals surface area contributed by atoms with Crippen molar-refractivity contribution in [3.05, 3.63) is 35.4 Å². The van der Waals surface area contributed by atoms with E-state index < -0.39 is 0 Å². The Kier molecular flexibility index (Phi) is 3.42. The summed E-state index contributed by atoms with van der Waals surface area (Å²) in [5, 5.41) is 3.46. The predicted octanol–water partition coefficient (Wildman–Crippen LogP) is 2.78. The van der Waals surface area contributed by atoms with Crippen molar-refractivity contribution in [1.29, 1.82) is 0 Å². The van der Waals surface area contributed by atoms with Crippen LogP contribution in [0.3, 0.4) is 0 Å². The number of aryl methyl sites for hydroxylation is 1. The van der Waals surface area contributed by atoms with Gasteiger partial charge in [-0.2, -0.15) is 0 Å². The maximum absolute atomic E-state index is 3.46. The summed E-state index contributed by atoms with van der Waals surface area (Å²) in [6.45, 7) is 6.90. The zero-order valence-corrected chi connectivity index (χ0v) is 9.79. The Morgan fingerprint density at radius 2 is 2.00 bits per heavy atom. The van der Waals surface area contributed by atoms with Gasteiger partial charge >= 0.3 is 0 Å². The molecule has 1 aliphatic heterocycles. The van der Waals surface area contributed by atoms with Gasteiger partial charge in [0.05, 0.1) is 0 Å². The van der Waals surface area contributed by atoms with Gasteiger partial charge in [-0.3, -0.25) is 0 Å². The first-order chi connectivity index (χ1) is 7.25. The van der Waals surface area contributed by atoms with Crippen LogP contribution in [0.25, 0.3) is 0 Å². The van der Waals surface area contributed by atoms with E-state index in [2.05, 4.69) is 43.4 Å². The molecule has 82 valence electrons. The standard InChI is InChI=1S/C14H21N/c1-11-3-5-13(6-4-11)9-14-7-8-15-10-12(14)2/h3-6,12,14-15H,7-10H2,1-2H3. The molecule has 1 heteroatoms. The first-order valence-electron chi connectivity index (χ1n) is 6.02.